The molecule has 1 aliphatic rings. The summed E-state index contributed by atoms with van der Waals surface area (Å²) in [4.78, 5) is 28.6. The van der Waals surface area contributed by atoms with E-state index in [1.807, 2.05) is 48.5 Å². The van der Waals surface area contributed by atoms with Crippen LogP contribution in [0.25, 0.3) is 5.76 Å². The highest BCUT2D eigenvalue weighted by Crippen LogP contribution is 2.44. The SMILES string of the molecule is CCCCCOc1ccc(C2C(=C(O)c3ccc(OCCCC)cc3)C(=O)C(=O)N2c2nnc(SCc3ccccc3Cl)s2)cc1. The van der Waals surface area contributed by atoms with Gasteiger partial charge in [0.2, 0.25) is 5.13 Å². The van der Waals surface area contributed by atoms with E-state index in [4.69, 9.17) is 21.1 Å². The maximum atomic E-state index is 13.6. The summed E-state index contributed by atoms with van der Waals surface area (Å²) in [5.74, 6) is 0.0467. The van der Waals surface area contributed by atoms with Crippen LogP contribution in [0, 0.1) is 0 Å². The van der Waals surface area contributed by atoms with Crippen LogP contribution in [-0.4, -0.2) is 40.2 Å². The minimum Gasteiger partial charge on any atom is -0.507 e. The third-order valence-electron chi connectivity index (χ3n) is 7.46. The topological polar surface area (TPSA) is 102 Å². The molecule has 0 aliphatic carbocycles. The van der Waals surface area contributed by atoms with E-state index in [0.29, 0.717) is 51.0 Å². The zero-order valence-electron chi connectivity index (χ0n) is 25.8. The molecule has 240 valence electrons. The van der Waals surface area contributed by atoms with Gasteiger partial charge < -0.3 is 14.6 Å². The Morgan fingerprint density at radius 1 is 0.891 bits per heavy atom. The summed E-state index contributed by atoms with van der Waals surface area (Å²) in [6.45, 7) is 5.42. The number of aliphatic hydroxyl groups excluding tert-OH is 1. The molecule has 0 radical (unpaired) electrons. The van der Waals surface area contributed by atoms with E-state index in [-0.39, 0.29) is 16.5 Å². The number of halogens is 1. The van der Waals surface area contributed by atoms with Crippen molar-refractivity contribution in [1.29, 1.82) is 0 Å². The van der Waals surface area contributed by atoms with Crippen molar-refractivity contribution >= 4 is 57.3 Å². The Balaban J connectivity index is 1.47. The Morgan fingerprint density at radius 2 is 1.54 bits per heavy atom. The zero-order valence-corrected chi connectivity index (χ0v) is 28.2. The fraction of sp³-hybridized carbons (Fsp3) is 0.314. The highest BCUT2D eigenvalue weighted by atomic mass is 35.5. The Bertz CT molecular complexity index is 1670. The number of nitrogens with zero attached hydrogens (tertiary/aromatic N) is 3. The number of Topliss-reactive ketones (excluding diaryl/α,β-unsaturated/α-hetero) is 1. The van der Waals surface area contributed by atoms with E-state index in [0.717, 1.165) is 37.7 Å². The lowest BCUT2D eigenvalue weighted by Crippen LogP contribution is -2.29. The van der Waals surface area contributed by atoms with Crippen molar-refractivity contribution in [3.63, 3.8) is 0 Å². The predicted octanol–water partition coefficient (Wildman–Crippen LogP) is 8.86. The van der Waals surface area contributed by atoms with Gasteiger partial charge in [-0.05, 0) is 66.4 Å². The van der Waals surface area contributed by atoms with Gasteiger partial charge in [0.05, 0.1) is 24.8 Å². The van der Waals surface area contributed by atoms with Gasteiger partial charge in [-0.1, -0.05) is 98.1 Å². The number of hydrogen-bond acceptors (Lipinski definition) is 9. The summed E-state index contributed by atoms with van der Waals surface area (Å²) in [6.07, 6.45) is 5.08. The molecule has 46 heavy (non-hydrogen) atoms. The summed E-state index contributed by atoms with van der Waals surface area (Å²) >= 11 is 8.97. The Hall–Kier alpha value is -3.86. The maximum Gasteiger partial charge on any atom is 0.301 e. The Morgan fingerprint density at radius 3 is 2.22 bits per heavy atom. The molecule has 8 nitrogen and oxygen atoms in total. The van der Waals surface area contributed by atoms with Crippen LogP contribution < -0.4 is 14.4 Å². The molecule has 0 spiro atoms. The number of aliphatic hydroxyl groups is 1. The van der Waals surface area contributed by atoms with E-state index in [1.54, 1.807) is 24.3 Å². The second kappa shape index (κ2) is 16.1. The number of carbonyl (C=O) groups excluding carboxylic acids is 2. The van der Waals surface area contributed by atoms with Gasteiger partial charge in [0.15, 0.2) is 4.34 Å². The lowest BCUT2D eigenvalue weighted by atomic mass is 9.95. The molecule has 1 unspecified atom stereocenters. The summed E-state index contributed by atoms with van der Waals surface area (Å²) in [5, 5.41) is 21.1. The van der Waals surface area contributed by atoms with Crippen molar-refractivity contribution in [2.75, 3.05) is 18.1 Å². The first kappa shape index (κ1) is 33.5. The average molecular weight is 678 g/mol. The van der Waals surface area contributed by atoms with Crippen LogP contribution in [0.3, 0.4) is 0 Å². The number of benzene rings is 3. The van der Waals surface area contributed by atoms with Crippen molar-refractivity contribution in [3.8, 4) is 11.5 Å². The van der Waals surface area contributed by atoms with Gasteiger partial charge in [-0.3, -0.25) is 14.5 Å². The molecule has 5 rings (SSSR count). The van der Waals surface area contributed by atoms with E-state index in [2.05, 4.69) is 24.0 Å². The second-order valence-electron chi connectivity index (χ2n) is 10.8. The van der Waals surface area contributed by atoms with Crippen LogP contribution in [0.5, 0.6) is 11.5 Å². The van der Waals surface area contributed by atoms with Crippen molar-refractivity contribution in [2.24, 2.45) is 0 Å². The molecule has 0 saturated carbocycles. The number of anilines is 1. The van der Waals surface area contributed by atoms with Crippen molar-refractivity contribution < 1.29 is 24.2 Å². The number of rotatable bonds is 15. The molecular formula is C35H36ClN3O5S2. The minimum atomic E-state index is -0.927. The van der Waals surface area contributed by atoms with Gasteiger partial charge in [0.1, 0.15) is 17.3 Å². The molecule has 0 bridgehead atoms. The number of carbonyl (C=O) groups is 2. The number of unbranched alkanes of at least 4 members (excludes halogenated alkanes) is 3. The summed E-state index contributed by atoms with van der Waals surface area (Å²) in [6, 6.07) is 20.7. The van der Waals surface area contributed by atoms with E-state index in [1.165, 1.54) is 28.0 Å². The maximum absolute atomic E-state index is 13.6. The molecule has 1 aromatic heterocycles. The highest BCUT2D eigenvalue weighted by Gasteiger charge is 2.48. The first-order valence-electron chi connectivity index (χ1n) is 15.4. The number of aromatic nitrogens is 2. The molecule has 4 aromatic rings. The van der Waals surface area contributed by atoms with Gasteiger partial charge in [-0.2, -0.15) is 0 Å². The molecule has 11 heteroatoms. The lowest BCUT2D eigenvalue weighted by Gasteiger charge is -2.22. The largest absolute Gasteiger partial charge is 0.507 e. The number of hydrogen-bond donors (Lipinski definition) is 1. The number of ether oxygens (including phenoxy) is 2. The molecule has 1 N–H and O–H groups in total. The predicted molar refractivity (Wildman–Crippen MR) is 184 cm³/mol. The Kier molecular flexibility index (Phi) is 11.7. The van der Waals surface area contributed by atoms with Gasteiger partial charge in [-0.25, -0.2) is 0 Å². The number of amides is 1. The summed E-state index contributed by atoms with van der Waals surface area (Å²) < 4.78 is 12.3. The zero-order chi connectivity index (χ0) is 32.5. The molecule has 1 atom stereocenters. The van der Waals surface area contributed by atoms with E-state index in [9.17, 15) is 14.7 Å². The molecule has 1 aliphatic heterocycles. The van der Waals surface area contributed by atoms with Gasteiger partial charge >= 0.3 is 5.91 Å². The Labute approximate surface area is 282 Å². The number of ketones is 1. The molecule has 1 amide bonds. The summed E-state index contributed by atoms with van der Waals surface area (Å²) in [5.41, 5.74) is 1.95. The van der Waals surface area contributed by atoms with Gasteiger partial charge in [0, 0.05) is 16.3 Å². The van der Waals surface area contributed by atoms with Crippen LogP contribution in [0.2, 0.25) is 5.02 Å². The smallest absolute Gasteiger partial charge is 0.301 e. The monoisotopic (exact) mass is 677 g/mol. The second-order valence-corrected chi connectivity index (χ2v) is 13.3. The third kappa shape index (κ3) is 7.92. The quantitative estimate of drug-likeness (QED) is 0.0333. The first-order chi connectivity index (χ1) is 22.4. The fourth-order valence-electron chi connectivity index (χ4n) is 4.95. The summed E-state index contributed by atoms with van der Waals surface area (Å²) in [7, 11) is 0. The van der Waals surface area contributed by atoms with E-state index >= 15 is 0 Å². The average Bonchev–Trinajstić information content (AvgIpc) is 3.64. The van der Waals surface area contributed by atoms with Crippen LogP contribution in [0.15, 0.2) is 82.7 Å². The normalized spacial score (nSPS) is 15.8. The van der Waals surface area contributed by atoms with Gasteiger partial charge in [0.25, 0.3) is 5.78 Å². The number of thioether (sulfide) groups is 1. The van der Waals surface area contributed by atoms with Crippen molar-refractivity contribution in [2.45, 2.75) is 62.1 Å². The van der Waals surface area contributed by atoms with Crippen molar-refractivity contribution in [3.05, 3.63) is 100 Å². The standard InChI is InChI=1S/C35H36ClN3O5S2/c1-3-5-9-21-44-26-16-12-23(13-17-26)30-29(31(40)24-14-18-27(19-15-24)43-20-6-4-2)32(41)33(42)39(30)34-37-38-35(46-34)45-22-25-10-7-8-11-28(25)36/h7-8,10-19,30,40H,3-6,9,20-22H2,1-2H3. The van der Waals surface area contributed by atoms with E-state index < -0.39 is 17.7 Å². The molecule has 2 heterocycles. The van der Waals surface area contributed by atoms with Crippen LogP contribution in [0.4, 0.5) is 5.13 Å². The van der Waals surface area contributed by atoms with Crippen molar-refractivity contribution in [1.82, 2.24) is 10.2 Å². The molecular weight excluding hydrogens is 642 g/mol. The van der Waals surface area contributed by atoms with Crippen LogP contribution in [0.1, 0.15) is 68.7 Å². The highest BCUT2D eigenvalue weighted by molar-refractivity contribution is 8.00. The minimum absolute atomic E-state index is 0.0262. The van der Waals surface area contributed by atoms with Crippen LogP contribution >= 0.6 is 34.7 Å². The third-order valence-corrected chi connectivity index (χ3v) is 9.94. The lowest BCUT2D eigenvalue weighted by molar-refractivity contribution is -0.132. The molecule has 1 saturated heterocycles. The van der Waals surface area contributed by atoms with Crippen LogP contribution in [-0.2, 0) is 15.3 Å². The molecule has 1 fully saturated rings. The fourth-order valence-corrected chi connectivity index (χ4v) is 7.10. The molecule has 3 aromatic carbocycles. The first-order valence-corrected chi connectivity index (χ1v) is 17.6. The van der Waals surface area contributed by atoms with Gasteiger partial charge in [-0.15, -0.1) is 10.2 Å².